The van der Waals surface area contributed by atoms with Gasteiger partial charge in [-0.2, -0.15) is 5.10 Å². The summed E-state index contributed by atoms with van der Waals surface area (Å²) in [5.41, 5.74) is 2.28. The summed E-state index contributed by atoms with van der Waals surface area (Å²) in [6.07, 6.45) is 5.12. The second kappa shape index (κ2) is 5.72. The molecule has 2 atom stereocenters. The molecule has 1 fully saturated rings. The van der Waals surface area contributed by atoms with E-state index in [0.717, 1.165) is 18.8 Å². The smallest absolute Gasteiger partial charge is 0.270 e. The number of carbonyl (C=O) groups excluding carboxylic acids is 1. The van der Waals surface area contributed by atoms with E-state index in [4.69, 9.17) is 0 Å². The molecule has 1 amide bonds. The highest BCUT2D eigenvalue weighted by molar-refractivity contribution is 5.93. The maximum atomic E-state index is 12.8. The Bertz CT molecular complexity index is 883. The molecule has 0 spiro atoms. The Labute approximate surface area is 139 Å². The third-order valence-corrected chi connectivity index (χ3v) is 4.59. The first kappa shape index (κ1) is 14.8. The Hall–Kier alpha value is -2.74. The standard InChI is InChI=1S/C16H19N7O/c1-21-7-11(14-6-17-10-22(14)2)12(8-21)20-16(24)13-4-3-5-15-18-9-19-23(13)15/h3-6,9-12H,7-8H2,1-2H3,(H,20,24)/t11-,12-/m1/s1. The van der Waals surface area contributed by atoms with E-state index >= 15 is 0 Å². The molecule has 3 aromatic rings. The van der Waals surface area contributed by atoms with E-state index in [0.29, 0.717) is 11.3 Å². The average Bonchev–Trinajstić information content (AvgIpc) is 3.26. The lowest BCUT2D eigenvalue weighted by atomic mass is 10.00. The molecular formula is C16H19N7O. The van der Waals surface area contributed by atoms with Crippen LogP contribution in [0.3, 0.4) is 0 Å². The normalized spacial score (nSPS) is 21.4. The molecule has 124 valence electrons. The first-order chi connectivity index (χ1) is 11.6. The Morgan fingerprint density at radius 3 is 2.96 bits per heavy atom. The Balaban J connectivity index is 1.60. The summed E-state index contributed by atoms with van der Waals surface area (Å²) in [4.78, 5) is 23.3. The van der Waals surface area contributed by atoms with Crippen LogP contribution in [0.5, 0.6) is 0 Å². The van der Waals surface area contributed by atoms with Crippen molar-refractivity contribution in [1.82, 2.24) is 34.4 Å². The van der Waals surface area contributed by atoms with Crippen molar-refractivity contribution in [1.29, 1.82) is 0 Å². The quantitative estimate of drug-likeness (QED) is 0.749. The van der Waals surface area contributed by atoms with Gasteiger partial charge in [-0.15, -0.1) is 0 Å². The number of likely N-dealkylation sites (tertiary alicyclic amines) is 1. The highest BCUT2D eigenvalue weighted by atomic mass is 16.2. The van der Waals surface area contributed by atoms with E-state index in [1.165, 1.54) is 6.33 Å². The van der Waals surface area contributed by atoms with Crippen LogP contribution in [-0.2, 0) is 7.05 Å². The van der Waals surface area contributed by atoms with Gasteiger partial charge in [0.1, 0.15) is 12.0 Å². The molecule has 1 saturated heterocycles. The third-order valence-electron chi connectivity index (χ3n) is 4.59. The fourth-order valence-electron chi connectivity index (χ4n) is 3.43. The van der Waals surface area contributed by atoms with Gasteiger partial charge in [0.15, 0.2) is 5.65 Å². The van der Waals surface area contributed by atoms with Crippen molar-refractivity contribution in [2.45, 2.75) is 12.0 Å². The molecule has 0 radical (unpaired) electrons. The summed E-state index contributed by atoms with van der Waals surface area (Å²) in [5, 5.41) is 7.30. The summed E-state index contributed by atoms with van der Waals surface area (Å²) < 4.78 is 3.58. The van der Waals surface area contributed by atoms with Crippen LogP contribution in [-0.4, -0.2) is 61.1 Å². The summed E-state index contributed by atoms with van der Waals surface area (Å²) in [6, 6.07) is 5.43. The van der Waals surface area contributed by atoms with E-state index < -0.39 is 0 Å². The van der Waals surface area contributed by atoms with Crippen LogP contribution in [0.25, 0.3) is 5.65 Å². The molecule has 4 rings (SSSR count). The van der Waals surface area contributed by atoms with Gasteiger partial charge in [-0.1, -0.05) is 6.07 Å². The molecule has 0 aliphatic carbocycles. The Kier molecular flexibility index (Phi) is 3.53. The molecule has 0 aromatic carbocycles. The van der Waals surface area contributed by atoms with Crippen LogP contribution >= 0.6 is 0 Å². The predicted octanol–water partition coefficient (Wildman–Crippen LogP) is 0.290. The number of imidazole rings is 1. The molecular weight excluding hydrogens is 306 g/mol. The van der Waals surface area contributed by atoms with Crippen molar-refractivity contribution in [3.8, 4) is 0 Å². The Morgan fingerprint density at radius 2 is 2.17 bits per heavy atom. The van der Waals surface area contributed by atoms with Crippen molar-refractivity contribution in [3.63, 3.8) is 0 Å². The first-order valence-electron chi connectivity index (χ1n) is 7.88. The molecule has 1 aliphatic heterocycles. The molecule has 0 saturated carbocycles. The highest BCUT2D eigenvalue weighted by Crippen LogP contribution is 2.26. The molecule has 8 heteroatoms. The van der Waals surface area contributed by atoms with Gasteiger partial charge in [-0.25, -0.2) is 14.5 Å². The van der Waals surface area contributed by atoms with E-state index in [-0.39, 0.29) is 17.9 Å². The zero-order valence-electron chi connectivity index (χ0n) is 13.6. The third kappa shape index (κ3) is 2.44. The molecule has 1 N–H and O–H groups in total. The molecule has 24 heavy (non-hydrogen) atoms. The van der Waals surface area contributed by atoms with Crippen LogP contribution < -0.4 is 5.32 Å². The molecule has 4 heterocycles. The van der Waals surface area contributed by atoms with Gasteiger partial charge in [-0.05, 0) is 19.2 Å². The number of likely N-dealkylation sites (N-methyl/N-ethyl adjacent to an activating group) is 1. The second-order valence-electron chi connectivity index (χ2n) is 6.28. The van der Waals surface area contributed by atoms with Gasteiger partial charge < -0.3 is 14.8 Å². The maximum Gasteiger partial charge on any atom is 0.270 e. The van der Waals surface area contributed by atoms with Gasteiger partial charge in [0, 0.05) is 37.9 Å². The molecule has 3 aromatic heterocycles. The number of pyridine rings is 1. The topological polar surface area (TPSA) is 80.3 Å². The fourth-order valence-corrected chi connectivity index (χ4v) is 3.43. The van der Waals surface area contributed by atoms with Crippen LogP contribution in [0.4, 0.5) is 0 Å². The van der Waals surface area contributed by atoms with E-state index in [1.807, 2.05) is 29.9 Å². The SMILES string of the molecule is CN1C[C@@H](NC(=O)c2cccc3ncnn23)[C@H](c2cncn2C)C1. The zero-order chi connectivity index (χ0) is 16.7. The van der Waals surface area contributed by atoms with Crippen molar-refractivity contribution >= 4 is 11.6 Å². The van der Waals surface area contributed by atoms with E-state index in [2.05, 4.69) is 32.3 Å². The van der Waals surface area contributed by atoms with Crippen molar-refractivity contribution < 1.29 is 4.79 Å². The number of carbonyl (C=O) groups is 1. The summed E-state index contributed by atoms with van der Waals surface area (Å²) >= 11 is 0. The van der Waals surface area contributed by atoms with Crippen LogP contribution in [0.15, 0.2) is 37.1 Å². The second-order valence-corrected chi connectivity index (χ2v) is 6.28. The maximum absolute atomic E-state index is 12.8. The zero-order valence-corrected chi connectivity index (χ0v) is 13.6. The highest BCUT2D eigenvalue weighted by Gasteiger charge is 2.35. The lowest BCUT2D eigenvalue weighted by Crippen LogP contribution is -2.40. The summed E-state index contributed by atoms with van der Waals surface area (Å²) in [7, 11) is 4.04. The number of nitrogens with zero attached hydrogens (tertiary/aromatic N) is 6. The minimum atomic E-state index is -0.140. The minimum Gasteiger partial charge on any atom is -0.346 e. The number of amides is 1. The van der Waals surface area contributed by atoms with Gasteiger partial charge in [0.2, 0.25) is 0 Å². The number of aromatic nitrogens is 5. The molecule has 8 nitrogen and oxygen atoms in total. The minimum absolute atomic E-state index is 0.0247. The van der Waals surface area contributed by atoms with Crippen LogP contribution in [0, 0.1) is 0 Å². The van der Waals surface area contributed by atoms with Crippen molar-refractivity contribution in [2.75, 3.05) is 20.1 Å². The van der Waals surface area contributed by atoms with Gasteiger partial charge in [0.25, 0.3) is 5.91 Å². The van der Waals surface area contributed by atoms with Gasteiger partial charge in [-0.3, -0.25) is 4.79 Å². The van der Waals surface area contributed by atoms with Crippen LogP contribution in [0.2, 0.25) is 0 Å². The molecule has 0 bridgehead atoms. The average molecular weight is 325 g/mol. The largest absolute Gasteiger partial charge is 0.346 e. The number of fused-ring (bicyclic) bond motifs is 1. The number of aryl methyl sites for hydroxylation is 1. The lowest BCUT2D eigenvalue weighted by Gasteiger charge is -2.20. The van der Waals surface area contributed by atoms with Crippen molar-refractivity contribution in [3.05, 3.63) is 48.4 Å². The van der Waals surface area contributed by atoms with Gasteiger partial charge >= 0.3 is 0 Å². The number of hydrogen-bond acceptors (Lipinski definition) is 5. The van der Waals surface area contributed by atoms with Gasteiger partial charge in [0.05, 0.1) is 12.4 Å². The van der Waals surface area contributed by atoms with E-state index in [9.17, 15) is 4.79 Å². The summed E-state index contributed by atoms with van der Waals surface area (Å²) in [6.45, 7) is 1.69. The van der Waals surface area contributed by atoms with E-state index in [1.54, 1.807) is 16.9 Å². The number of nitrogens with one attached hydrogen (secondary N) is 1. The fraction of sp³-hybridized carbons (Fsp3) is 0.375. The predicted molar refractivity (Wildman–Crippen MR) is 87.7 cm³/mol. The first-order valence-corrected chi connectivity index (χ1v) is 7.88. The lowest BCUT2D eigenvalue weighted by molar-refractivity contribution is 0.0927. The monoisotopic (exact) mass is 325 g/mol. The molecule has 1 aliphatic rings. The summed E-state index contributed by atoms with van der Waals surface area (Å²) in [5.74, 6) is 0.0694. The van der Waals surface area contributed by atoms with Crippen LogP contribution in [0.1, 0.15) is 22.1 Å². The molecule has 0 unspecified atom stereocenters. The number of rotatable bonds is 3. The van der Waals surface area contributed by atoms with Crippen molar-refractivity contribution in [2.24, 2.45) is 7.05 Å². The Morgan fingerprint density at radius 1 is 1.29 bits per heavy atom. The number of hydrogen-bond donors (Lipinski definition) is 1.